The van der Waals surface area contributed by atoms with E-state index in [0.717, 1.165) is 6.07 Å². The third-order valence-electron chi connectivity index (χ3n) is 3.25. The van der Waals surface area contributed by atoms with Gasteiger partial charge in [0.05, 0.1) is 25.0 Å². The number of hydrogen-bond acceptors (Lipinski definition) is 5. The molecule has 2 rings (SSSR count). The fraction of sp³-hybridized carbons (Fsp3) is 0.500. The van der Waals surface area contributed by atoms with E-state index in [-0.39, 0.29) is 24.7 Å². The Hall–Kier alpha value is -1.22. The maximum Gasteiger partial charge on any atom is 0.245 e. The molecule has 0 amide bonds. The van der Waals surface area contributed by atoms with Gasteiger partial charge in [0.1, 0.15) is 10.7 Å². The van der Waals surface area contributed by atoms with Crippen LogP contribution in [0.3, 0.4) is 0 Å². The van der Waals surface area contributed by atoms with Gasteiger partial charge >= 0.3 is 0 Å². The lowest BCUT2D eigenvalue weighted by Crippen LogP contribution is -2.51. The number of aliphatic hydroxyl groups is 1. The van der Waals surface area contributed by atoms with Crippen molar-refractivity contribution < 1.29 is 22.7 Å². The van der Waals surface area contributed by atoms with Crippen molar-refractivity contribution in [3.63, 3.8) is 0 Å². The zero-order chi connectivity index (χ0) is 14.9. The Bertz CT molecular complexity index is 593. The van der Waals surface area contributed by atoms with Gasteiger partial charge in [-0.15, -0.1) is 0 Å². The van der Waals surface area contributed by atoms with Crippen LogP contribution in [0.15, 0.2) is 23.1 Å². The molecule has 8 heteroatoms. The van der Waals surface area contributed by atoms with Crippen molar-refractivity contribution in [1.29, 1.82) is 0 Å². The number of sulfonamides is 1. The van der Waals surface area contributed by atoms with Gasteiger partial charge in [-0.2, -0.15) is 4.31 Å². The number of rotatable bonds is 3. The summed E-state index contributed by atoms with van der Waals surface area (Å²) < 4.78 is 45.1. The summed E-state index contributed by atoms with van der Waals surface area (Å²) >= 11 is 0. The van der Waals surface area contributed by atoms with Crippen LogP contribution in [0.2, 0.25) is 0 Å². The molecule has 0 aromatic heterocycles. The summed E-state index contributed by atoms with van der Waals surface area (Å²) in [5, 5.41) is 9.10. The molecule has 2 atom stereocenters. The van der Waals surface area contributed by atoms with Gasteiger partial charge in [-0.25, -0.2) is 12.8 Å². The topological polar surface area (TPSA) is 92.9 Å². The number of nitrogens with zero attached hydrogens (tertiary/aromatic N) is 1. The molecule has 20 heavy (non-hydrogen) atoms. The number of benzene rings is 1. The first-order valence-electron chi connectivity index (χ1n) is 6.16. The smallest absolute Gasteiger partial charge is 0.245 e. The standard InChI is InChI=1S/C12H17FN2O4S/c1-8-7-19-9(6-16)5-15(8)20(17,18)11-4-2-3-10(13)12(11)14/h2-4,8-9,16H,5-7,14H2,1H3. The van der Waals surface area contributed by atoms with Crippen molar-refractivity contribution in [2.24, 2.45) is 0 Å². The van der Waals surface area contributed by atoms with Crippen LogP contribution in [-0.2, 0) is 14.8 Å². The molecule has 112 valence electrons. The number of nitrogens with two attached hydrogens (primary N) is 1. The van der Waals surface area contributed by atoms with Crippen molar-refractivity contribution >= 4 is 15.7 Å². The zero-order valence-electron chi connectivity index (χ0n) is 11.0. The number of anilines is 1. The van der Waals surface area contributed by atoms with E-state index in [1.165, 1.54) is 16.4 Å². The minimum Gasteiger partial charge on any atom is -0.395 e. The summed E-state index contributed by atoms with van der Waals surface area (Å²) in [6.07, 6.45) is -0.587. The quantitative estimate of drug-likeness (QED) is 0.777. The molecule has 0 radical (unpaired) electrons. The Morgan fingerprint density at radius 1 is 1.55 bits per heavy atom. The van der Waals surface area contributed by atoms with Crippen molar-refractivity contribution in [2.75, 3.05) is 25.5 Å². The fourth-order valence-electron chi connectivity index (χ4n) is 2.11. The summed E-state index contributed by atoms with van der Waals surface area (Å²) in [7, 11) is -3.93. The minimum atomic E-state index is -3.93. The van der Waals surface area contributed by atoms with Gasteiger partial charge in [0.25, 0.3) is 0 Å². The highest BCUT2D eigenvalue weighted by atomic mass is 32.2. The normalized spacial score (nSPS) is 24.8. The average molecular weight is 304 g/mol. The molecule has 0 aliphatic carbocycles. The number of para-hydroxylation sites is 1. The zero-order valence-corrected chi connectivity index (χ0v) is 11.8. The molecule has 1 aliphatic rings. The minimum absolute atomic E-state index is 0.00987. The van der Waals surface area contributed by atoms with Crippen LogP contribution in [-0.4, -0.2) is 49.7 Å². The molecule has 2 unspecified atom stereocenters. The summed E-state index contributed by atoms with van der Waals surface area (Å²) in [4.78, 5) is -0.261. The number of nitrogen functional groups attached to an aromatic ring is 1. The van der Waals surface area contributed by atoms with Gasteiger partial charge in [0, 0.05) is 12.6 Å². The average Bonchev–Trinajstić information content (AvgIpc) is 2.42. The van der Waals surface area contributed by atoms with Gasteiger partial charge < -0.3 is 15.6 Å². The molecule has 1 saturated heterocycles. The molecule has 1 aliphatic heterocycles. The van der Waals surface area contributed by atoms with Gasteiger partial charge in [0.15, 0.2) is 0 Å². The molecule has 1 heterocycles. The summed E-state index contributed by atoms with van der Waals surface area (Å²) in [6.45, 7) is 1.58. The van der Waals surface area contributed by atoms with Gasteiger partial charge in [0.2, 0.25) is 10.0 Å². The van der Waals surface area contributed by atoms with E-state index in [1.54, 1.807) is 6.92 Å². The maximum atomic E-state index is 13.4. The number of aliphatic hydroxyl groups excluding tert-OH is 1. The monoisotopic (exact) mass is 304 g/mol. The molecule has 1 aromatic carbocycles. The van der Waals surface area contributed by atoms with Crippen LogP contribution in [0.25, 0.3) is 0 Å². The molecule has 0 bridgehead atoms. The second-order valence-electron chi connectivity index (χ2n) is 4.71. The second kappa shape index (κ2) is 5.65. The van der Waals surface area contributed by atoms with E-state index >= 15 is 0 Å². The Balaban J connectivity index is 2.40. The Labute approximate surface area is 117 Å². The van der Waals surface area contributed by atoms with E-state index in [0.29, 0.717) is 0 Å². The highest BCUT2D eigenvalue weighted by molar-refractivity contribution is 7.89. The maximum absolute atomic E-state index is 13.4. The SMILES string of the molecule is CC1COC(CO)CN1S(=O)(=O)c1cccc(F)c1N. The lowest BCUT2D eigenvalue weighted by Gasteiger charge is -2.36. The lowest BCUT2D eigenvalue weighted by atomic mass is 10.2. The number of ether oxygens (including phenoxy) is 1. The number of morpholine rings is 1. The van der Waals surface area contributed by atoms with Crippen LogP contribution >= 0.6 is 0 Å². The molecule has 6 nitrogen and oxygen atoms in total. The number of hydrogen-bond donors (Lipinski definition) is 2. The third kappa shape index (κ3) is 2.64. The predicted molar refractivity (Wildman–Crippen MR) is 71.0 cm³/mol. The molecular formula is C12H17FN2O4S. The predicted octanol–water partition coefficient (Wildman–Crippen LogP) is 0.178. The van der Waals surface area contributed by atoms with Crippen molar-refractivity contribution in [1.82, 2.24) is 4.31 Å². The van der Waals surface area contributed by atoms with E-state index in [2.05, 4.69) is 0 Å². The molecule has 0 saturated carbocycles. The highest BCUT2D eigenvalue weighted by Crippen LogP contribution is 2.27. The lowest BCUT2D eigenvalue weighted by molar-refractivity contribution is -0.0516. The van der Waals surface area contributed by atoms with E-state index in [1.807, 2.05) is 0 Å². The summed E-state index contributed by atoms with van der Waals surface area (Å²) in [5.74, 6) is -0.773. The molecule has 0 spiro atoms. The highest BCUT2D eigenvalue weighted by Gasteiger charge is 2.36. The van der Waals surface area contributed by atoms with Crippen LogP contribution in [0.5, 0.6) is 0 Å². The third-order valence-corrected chi connectivity index (χ3v) is 5.29. The van der Waals surface area contributed by atoms with E-state index < -0.39 is 33.7 Å². The Morgan fingerprint density at radius 2 is 2.25 bits per heavy atom. The Morgan fingerprint density at radius 3 is 2.90 bits per heavy atom. The van der Waals surface area contributed by atoms with E-state index in [4.69, 9.17) is 15.6 Å². The van der Waals surface area contributed by atoms with Gasteiger partial charge in [-0.05, 0) is 19.1 Å². The van der Waals surface area contributed by atoms with E-state index in [9.17, 15) is 12.8 Å². The van der Waals surface area contributed by atoms with Crippen LogP contribution in [0.1, 0.15) is 6.92 Å². The molecule has 1 fully saturated rings. The van der Waals surface area contributed by atoms with Crippen molar-refractivity contribution in [3.8, 4) is 0 Å². The summed E-state index contributed by atoms with van der Waals surface area (Å²) in [6, 6.07) is 3.26. The van der Waals surface area contributed by atoms with Crippen molar-refractivity contribution in [3.05, 3.63) is 24.0 Å². The Kier molecular flexibility index (Phi) is 4.28. The summed E-state index contributed by atoms with van der Waals surface area (Å²) in [5.41, 5.74) is 5.13. The van der Waals surface area contributed by atoms with Crippen LogP contribution < -0.4 is 5.73 Å². The van der Waals surface area contributed by atoms with Gasteiger partial charge in [-0.1, -0.05) is 6.07 Å². The first-order valence-corrected chi connectivity index (χ1v) is 7.60. The first-order chi connectivity index (χ1) is 9.37. The number of halogens is 1. The molecule has 1 aromatic rings. The molecule has 3 N–H and O–H groups in total. The van der Waals surface area contributed by atoms with Gasteiger partial charge in [-0.3, -0.25) is 0 Å². The van der Waals surface area contributed by atoms with Crippen LogP contribution in [0, 0.1) is 5.82 Å². The second-order valence-corrected chi connectivity index (χ2v) is 6.57. The molecular weight excluding hydrogens is 287 g/mol. The first kappa shape index (κ1) is 15.2. The fourth-order valence-corrected chi connectivity index (χ4v) is 3.88. The van der Waals surface area contributed by atoms with Crippen molar-refractivity contribution in [2.45, 2.75) is 24.0 Å². The van der Waals surface area contributed by atoms with Crippen LogP contribution in [0.4, 0.5) is 10.1 Å². The largest absolute Gasteiger partial charge is 0.395 e.